The number of aliphatic hydroxyl groups is 1. The van der Waals surface area contributed by atoms with Gasteiger partial charge in [-0.3, -0.25) is 9.78 Å². The Hall–Kier alpha value is -4.15. The smallest absolute Gasteiger partial charge is 0.275 e. The number of anilines is 1. The molecular weight excluding hydrogens is 536 g/mol. The van der Waals surface area contributed by atoms with Crippen molar-refractivity contribution in [1.82, 2.24) is 15.0 Å². The molecule has 3 heterocycles. The molecule has 206 valence electrons. The molecular formula is C32H28N4O4S. The molecule has 3 atom stereocenters. The van der Waals surface area contributed by atoms with Gasteiger partial charge < -0.3 is 19.9 Å². The highest BCUT2D eigenvalue weighted by Gasteiger charge is 2.32. The predicted molar refractivity (Wildman–Crippen MR) is 157 cm³/mol. The number of ether oxygens (including phenoxy) is 2. The summed E-state index contributed by atoms with van der Waals surface area (Å²) in [4.78, 5) is 26.0. The van der Waals surface area contributed by atoms with Crippen LogP contribution in [0.2, 0.25) is 0 Å². The van der Waals surface area contributed by atoms with Gasteiger partial charge in [-0.25, -0.2) is 9.97 Å². The van der Waals surface area contributed by atoms with E-state index in [-0.39, 0.29) is 30.4 Å². The molecule has 3 aromatic carbocycles. The van der Waals surface area contributed by atoms with Crippen LogP contribution in [0.4, 0.5) is 5.69 Å². The average Bonchev–Trinajstić information content (AvgIpc) is 3.04. The monoisotopic (exact) mass is 564 g/mol. The van der Waals surface area contributed by atoms with Crippen molar-refractivity contribution in [2.45, 2.75) is 36.6 Å². The molecule has 1 aliphatic rings. The van der Waals surface area contributed by atoms with Crippen LogP contribution in [0.1, 0.15) is 46.0 Å². The Balaban J connectivity index is 1.17. The van der Waals surface area contributed by atoms with Crippen LogP contribution in [-0.4, -0.2) is 37.8 Å². The highest BCUT2D eigenvalue weighted by molar-refractivity contribution is 7.99. The maximum atomic E-state index is 12.8. The number of hydrogen-bond acceptors (Lipinski definition) is 8. The van der Waals surface area contributed by atoms with Gasteiger partial charge in [-0.1, -0.05) is 54.6 Å². The van der Waals surface area contributed by atoms with Crippen LogP contribution in [0.25, 0.3) is 11.0 Å². The van der Waals surface area contributed by atoms with E-state index in [0.717, 1.165) is 33.0 Å². The number of fused-ring (bicyclic) bond motifs is 1. The summed E-state index contributed by atoms with van der Waals surface area (Å²) in [5.41, 5.74) is 5.00. The van der Waals surface area contributed by atoms with Crippen molar-refractivity contribution in [3.63, 3.8) is 0 Å². The minimum atomic E-state index is -0.586. The zero-order valence-electron chi connectivity index (χ0n) is 22.1. The van der Waals surface area contributed by atoms with E-state index in [0.29, 0.717) is 17.6 Å². The van der Waals surface area contributed by atoms with Gasteiger partial charge in [-0.15, -0.1) is 11.8 Å². The second kappa shape index (κ2) is 12.6. The molecule has 2 N–H and O–H groups in total. The number of amides is 1. The van der Waals surface area contributed by atoms with Gasteiger partial charge in [-0.05, 0) is 47.5 Å². The van der Waals surface area contributed by atoms with Crippen molar-refractivity contribution < 1.29 is 19.4 Å². The molecule has 0 unspecified atom stereocenters. The van der Waals surface area contributed by atoms with Gasteiger partial charge in [0.1, 0.15) is 5.69 Å². The van der Waals surface area contributed by atoms with Crippen molar-refractivity contribution in [2.24, 2.45) is 0 Å². The molecule has 0 spiro atoms. The van der Waals surface area contributed by atoms with Gasteiger partial charge in [-0.2, -0.15) is 0 Å². The Labute approximate surface area is 241 Å². The first kappa shape index (κ1) is 27.0. The van der Waals surface area contributed by atoms with Crippen molar-refractivity contribution in [3.8, 4) is 0 Å². The molecule has 1 fully saturated rings. The maximum Gasteiger partial charge on any atom is 0.275 e. The second-order valence-electron chi connectivity index (χ2n) is 9.65. The van der Waals surface area contributed by atoms with Gasteiger partial charge in [0.25, 0.3) is 5.91 Å². The lowest BCUT2D eigenvalue weighted by atomic mass is 10.0. The third-order valence-corrected chi connectivity index (χ3v) is 7.87. The summed E-state index contributed by atoms with van der Waals surface area (Å²) in [5, 5.41) is 13.3. The Morgan fingerprint density at radius 3 is 2.39 bits per heavy atom. The molecule has 6 rings (SSSR count). The molecule has 1 amide bonds. The minimum absolute atomic E-state index is 0.00277. The number of aliphatic hydroxyl groups excluding tert-OH is 1. The number of hydrogen-bond donors (Lipinski definition) is 2. The number of rotatable bonds is 8. The fourth-order valence-corrected chi connectivity index (χ4v) is 5.50. The zero-order valence-corrected chi connectivity index (χ0v) is 22.9. The van der Waals surface area contributed by atoms with Crippen LogP contribution in [0.15, 0.2) is 108 Å². The maximum absolute atomic E-state index is 12.8. The van der Waals surface area contributed by atoms with Gasteiger partial charge in [0, 0.05) is 29.6 Å². The highest BCUT2D eigenvalue weighted by atomic mass is 32.2. The average molecular weight is 565 g/mol. The van der Waals surface area contributed by atoms with E-state index in [2.05, 4.69) is 20.3 Å². The summed E-state index contributed by atoms with van der Waals surface area (Å²) in [7, 11) is 0. The quantitative estimate of drug-likeness (QED) is 0.218. The number of para-hydroxylation sites is 2. The van der Waals surface area contributed by atoms with Crippen LogP contribution in [0.5, 0.6) is 0 Å². The number of carbonyl (C=O) groups is 1. The molecule has 2 aromatic heterocycles. The number of nitrogens with zero attached hydrogens (tertiary/aromatic N) is 3. The minimum Gasteiger partial charge on any atom is -0.392 e. The third-order valence-electron chi connectivity index (χ3n) is 6.79. The lowest BCUT2D eigenvalue weighted by molar-refractivity contribution is -0.245. The van der Waals surface area contributed by atoms with Gasteiger partial charge in [0.15, 0.2) is 6.29 Å². The SMILES string of the molecule is O=C(Nc1ccc([C@@H]2O[C@H](CSc3ccccn3)C[C@H](c3ccc(CO)cc3)O2)cc1)c1cnc2ccccc2n1. The van der Waals surface area contributed by atoms with E-state index in [9.17, 15) is 9.90 Å². The van der Waals surface area contributed by atoms with Crippen LogP contribution < -0.4 is 5.32 Å². The summed E-state index contributed by atoms with van der Waals surface area (Å²) in [6.45, 7) is -0.00277. The molecule has 1 aliphatic heterocycles. The fraction of sp³-hybridized carbons (Fsp3) is 0.188. The van der Waals surface area contributed by atoms with E-state index >= 15 is 0 Å². The van der Waals surface area contributed by atoms with Crippen LogP contribution in [0, 0.1) is 0 Å². The molecule has 8 nitrogen and oxygen atoms in total. The Bertz CT molecular complexity index is 1620. The first-order valence-electron chi connectivity index (χ1n) is 13.3. The lowest BCUT2D eigenvalue weighted by Gasteiger charge is -2.36. The number of thioether (sulfide) groups is 1. The first-order chi connectivity index (χ1) is 20.1. The van der Waals surface area contributed by atoms with Crippen molar-refractivity contribution >= 4 is 34.4 Å². The molecule has 1 saturated heterocycles. The summed E-state index contributed by atoms with van der Waals surface area (Å²) in [5.74, 6) is 0.391. The number of carbonyl (C=O) groups excluding carboxylic acids is 1. The van der Waals surface area contributed by atoms with E-state index in [4.69, 9.17) is 9.47 Å². The standard InChI is InChI=1S/C32H28N4O4S/c37-19-21-8-10-22(11-9-21)29-17-25(20-41-30-7-3-4-16-33-30)39-32(40-29)23-12-14-24(15-13-23)35-31(38)28-18-34-26-5-1-2-6-27(26)36-28/h1-16,18,25,29,32,37H,17,19-20H2,(H,35,38)/t25-,29+,32+/m0/s1. The molecule has 0 aliphatic carbocycles. The Kier molecular flexibility index (Phi) is 8.29. The van der Waals surface area contributed by atoms with Crippen LogP contribution >= 0.6 is 11.8 Å². The van der Waals surface area contributed by atoms with Gasteiger partial charge in [0.05, 0.1) is 41.1 Å². The van der Waals surface area contributed by atoms with E-state index in [1.165, 1.54) is 6.20 Å². The first-order valence-corrected chi connectivity index (χ1v) is 14.3. The number of pyridine rings is 1. The number of benzene rings is 3. The summed E-state index contributed by atoms with van der Waals surface area (Å²) >= 11 is 1.65. The van der Waals surface area contributed by atoms with Crippen molar-refractivity contribution in [3.05, 3.63) is 126 Å². The molecule has 9 heteroatoms. The summed E-state index contributed by atoms with van der Waals surface area (Å²) < 4.78 is 12.8. The van der Waals surface area contributed by atoms with Crippen LogP contribution in [0.3, 0.4) is 0 Å². The Morgan fingerprint density at radius 1 is 0.878 bits per heavy atom. The van der Waals surface area contributed by atoms with Gasteiger partial charge in [0.2, 0.25) is 0 Å². The summed E-state index contributed by atoms with van der Waals surface area (Å²) in [6, 6.07) is 28.6. The van der Waals surface area contributed by atoms with Gasteiger partial charge >= 0.3 is 0 Å². The topological polar surface area (TPSA) is 106 Å². The molecule has 0 bridgehead atoms. The fourth-order valence-electron chi connectivity index (χ4n) is 4.62. The van der Waals surface area contributed by atoms with Crippen molar-refractivity contribution in [1.29, 1.82) is 0 Å². The van der Waals surface area contributed by atoms with Crippen LogP contribution in [-0.2, 0) is 16.1 Å². The second-order valence-corrected chi connectivity index (χ2v) is 10.7. The largest absolute Gasteiger partial charge is 0.392 e. The predicted octanol–water partition coefficient (Wildman–Crippen LogP) is 6.11. The number of nitrogens with one attached hydrogen (secondary N) is 1. The molecule has 0 saturated carbocycles. The van der Waals surface area contributed by atoms with Crippen molar-refractivity contribution in [2.75, 3.05) is 11.1 Å². The lowest BCUT2D eigenvalue weighted by Crippen LogP contribution is -2.31. The number of aromatic nitrogens is 3. The third kappa shape index (κ3) is 6.61. The highest BCUT2D eigenvalue weighted by Crippen LogP contribution is 2.39. The molecule has 0 radical (unpaired) electrons. The normalized spacial score (nSPS) is 18.7. The van der Waals surface area contributed by atoms with E-state index in [1.807, 2.05) is 91.0 Å². The van der Waals surface area contributed by atoms with E-state index < -0.39 is 6.29 Å². The molecule has 41 heavy (non-hydrogen) atoms. The zero-order chi connectivity index (χ0) is 28.0. The Morgan fingerprint density at radius 2 is 1.63 bits per heavy atom. The summed E-state index contributed by atoms with van der Waals surface area (Å²) in [6.07, 6.45) is 3.11. The van der Waals surface area contributed by atoms with E-state index in [1.54, 1.807) is 18.0 Å². The molecule has 5 aromatic rings.